The van der Waals surface area contributed by atoms with Gasteiger partial charge in [-0.15, -0.1) is 10.2 Å². The second kappa shape index (κ2) is 8.86. The number of thioether (sulfide) groups is 1. The number of likely N-dealkylation sites (tertiary alicyclic amines) is 1. The van der Waals surface area contributed by atoms with E-state index in [1.165, 1.54) is 25.9 Å². The van der Waals surface area contributed by atoms with Gasteiger partial charge < -0.3 is 14.5 Å². The fraction of sp³-hybridized carbons (Fsp3) is 0.632. The fourth-order valence-corrected chi connectivity index (χ4v) is 4.63. The van der Waals surface area contributed by atoms with Gasteiger partial charge in [-0.1, -0.05) is 32.0 Å². The van der Waals surface area contributed by atoms with Gasteiger partial charge in [-0.05, 0) is 37.3 Å². The van der Waals surface area contributed by atoms with Gasteiger partial charge >= 0.3 is 0 Å². The lowest BCUT2D eigenvalue weighted by atomic mass is 9.94. The number of pyridine rings is 1. The molecule has 3 heterocycles. The Morgan fingerprint density at radius 1 is 1.35 bits per heavy atom. The molecule has 1 fully saturated rings. The summed E-state index contributed by atoms with van der Waals surface area (Å²) in [6, 6.07) is 3.40. The number of aromatic amines is 1. The van der Waals surface area contributed by atoms with Crippen LogP contribution in [0.3, 0.4) is 0 Å². The van der Waals surface area contributed by atoms with Crippen LogP contribution in [0.25, 0.3) is 11.4 Å². The molecule has 1 aliphatic heterocycles. The summed E-state index contributed by atoms with van der Waals surface area (Å²) in [6.45, 7) is 8.34. The molecule has 6 nitrogen and oxygen atoms in total. The monoisotopic (exact) mass is 375 g/mol. The molecule has 7 heteroatoms. The second-order valence-corrected chi connectivity index (χ2v) is 8.36. The highest BCUT2D eigenvalue weighted by Gasteiger charge is 2.28. The van der Waals surface area contributed by atoms with Gasteiger partial charge in [0.05, 0.1) is 0 Å². The van der Waals surface area contributed by atoms with Crippen molar-refractivity contribution in [1.82, 2.24) is 24.6 Å². The van der Waals surface area contributed by atoms with Crippen molar-refractivity contribution in [3.05, 3.63) is 28.7 Å². The SMILES string of the molecule is CCCC1CN(CCCSc2nnc(-c3cc[nH]c(=O)c3)n2C)CC1C. The number of nitrogens with one attached hydrogen (secondary N) is 1. The zero-order valence-corrected chi connectivity index (χ0v) is 16.8. The third kappa shape index (κ3) is 4.57. The predicted molar refractivity (Wildman–Crippen MR) is 106 cm³/mol. The van der Waals surface area contributed by atoms with Crippen LogP contribution >= 0.6 is 11.8 Å². The van der Waals surface area contributed by atoms with E-state index in [9.17, 15) is 4.79 Å². The molecule has 0 aliphatic carbocycles. The Morgan fingerprint density at radius 3 is 2.96 bits per heavy atom. The molecule has 0 spiro atoms. The molecule has 0 aromatic carbocycles. The molecule has 0 bridgehead atoms. The first-order chi connectivity index (χ1) is 12.6. The minimum atomic E-state index is -0.124. The van der Waals surface area contributed by atoms with E-state index in [4.69, 9.17) is 0 Å². The Morgan fingerprint density at radius 2 is 2.19 bits per heavy atom. The van der Waals surface area contributed by atoms with Crippen molar-refractivity contribution >= 4 is 11.8 Å². The summed E-state index contributed by atoms with van der Waals surface area (Å²) < 4.78 is 1.97. The van der Waals surface area contributed by atoms with Gasteiger partial charge in [0.2, 0.25) is 5.56 Å². The predicted octanol–water partition coefficient (Wildman–Crippen LogP) is 3.02. The van der Waals surface area contributed by atoms with Gasteiger partial charge in [-0.25, -0.2) is 0 Å². The number of nitrogens with zero attached hydrogens (tertiary/aromatic N) is 4. The van der Waals surface area contributed by atoms with Crippen LogP contribution in [0, 0.1) is 11.8 Å². The largest absolute Gasteiger partial charge is 0.329 e. The van der Waals surface area contributed by atoms with Crippen LogP contribution in [0.5, 0.6) is 0 Å². The molecular weight excluding hydrogens is 346 g/mol. The maximum absolute atomic E-state index is 11.5. The first kappa shape index (κ1) is 19.2. The molecular formula is C19H29N5OS. The molecule has 1 saturated heterocycles. The van der Waals surface area contributed by atoms with Crippen LogP contribution in [-0.4, -0.2) is 50.0 Å². The summed E-state index contributed by atoms with van der Waals surface area (Å²) in [6.07, 6.45) is 5.45. The smallest absolute Gasteiger partial charge is 0.248 e. The Hall–Kier alpha value is -1.60. The molecule has 2 aromatic rings. The summed E-state index contributed by atoms with van der Waals surface area (Å²) in [5.74, 6) is 3.47. The average Bonchev–Trinajstić information content (AvgIpc) is 3.15. The van der Waals surface area contributed by atoms with E-state index in [-0.39, 0.29) is 5.56 Å². The van der Waals surface area contributed by atoms with Crippen molar-refractivity contribution in [2.24, 2.45) is 18.9 Å². The van der Waals surface area contributed by atoms with Crippen molar-refractivity contribution in [2.45, 2.75) is 38.3 Å². The van der Waals surface area contributed by atoms with Crippen LogP contribution in [0.2, 0.25) is 0 Å². The Kier molecular flexibility index (Phi) is 6.53. The molecule has 0 amide bonds. The van der Waals surface area contributed by atoms with Crippen molar-refractivity contribution in [1.29, 1.82) is 0 Å². The molecule has 3 rings (SSSR count). The summed E-state index contributed by atoms with van der Waals surface area (Å²) in [7, 11) is 1.95. The molecule has 1 N–H and O–H groups in total. The zero-order chi connectivity index (χ0) is 18.5. The topological polar surface area (TPSA) is 66.8 Å². The lowest BCUT2D eigenvalue weighted by Gasteiger charge is -2.15. The molecule has 26 heavy (non-hydrogen) atoms. The van der Waals surface area contributed by atoms with E-state index >= 15 is 0 Å². The average molecular weight is 376 g/mol. The van der Waals surface area contributed by atoms with Gasteiger partial charge in [-0.3, -0.25) is 4.79 Å². The van der Waals surface area contributed by atoms with Gasteiger partial charge in [-0.2, -0.15) is 0 Å². The summed E-state index contributed by atoms with van der Waals surface area (Å²) in [5.41, 5.74) is 0.671. The Bertz CT molecular complexity index is 771. The zero-order valence-electron chi connectivity index (χ0n) is 15.9. The maximum atomic E-state index is 11.5. The van der Waals surface area contributed by atoms with Crippen molar-refractivity contribution in [3.8, 4) is 11.4 Å². The van der Waals surface area contributed by atoms with Crippen LogP contribution in [-0.2, 0) is 7.05 Å². The standard InChI is InChI=1S/C19H29N5OS/c1-4-6-16-13-24(12-14(16)2)9-5-10-26-19-22-21-18(23(19)3)15-7-8-20-17(25)11-15/h7-8,11,14,16H,4-6,9-10,12-13H2,1-3H3,(H,20,25). The molecule has 2 atom stereocenters. The molecule has 142 valence electrons. The Balaban J connectivity index is 1.48. The molecule has 2 aromatic heterocycles. The third-order valence-corrected chi connectivity index (χ3v) is 6.33. The quantitative estimate of drug-likeness (QED) is 0.567. The van der Waals surface area contributed by atoms with Crippen LogP contribution < -0.4 is 5.56 Å². The number of hydrogen-bond donors (Lipinski definition) is 1. The molecule has 2 unspecified atom stereocenters. The first-order valence-electron chi connectivity index (χ1n) is 9.52. The van der Waals surface area contributed by atoms with Crippen LogP contribution in [0.4, 0.5) is 0 Å². The van der Waals surface area contributed by atoms with E-state index < -0.39 is 0 Å². The number of rotatable bonds is 8. The van der Waals surface area contributed by atoms with Crippen molar-refractivity contribution < 1.29 is 0 Å². The van der Waals surface area contributed by atoms with Gasteiger partial charge in [0.25, 0.3) is 0 Å². The third-order valence-electron chi connectivity index (χ3n) is 5.22. The van der Waals surface area contributed by atoms with E-state index in [2.05, 4.69) is 33.9 Å². The molecule has 0 radical (unpaired) electrons. The minimum absolute atomic E-state index is 0.124. The highest BCUT2D eigenvalue weighted by Crippen LogP contribution is 2.27. The van der Waals surface area contributed by atoms with E-state index in [0.29, 0.717) is 0 Å². The van der Waals surface area contributed by atoms with Crippen LogP contribution in [0.1, 0.15) is 33.1 Å². The Labute approximate surface area is 159 Å². The van der Waals surface area contributed by atoms with Gasteiger partial charge in [0, 0.05) is 43.7 Å². The van der Waals surface area contributed by atoms with E-state index in [0.717, 1.165) is 47.1 Å². The second-order valence-electron chi connectivity index (χ2n) is 7.29. The number of H-pyrrole nitrogens is 1. The summed E-state index contributed by atoms with van der Waals surface area (Å²) in [5, 5.41) is 9.44. The normalized spacial score (nSPS) is 20.7. The number of aromatic nitrogens is 4. The number of hydrogen-bond acceptors (Lipinski definition) is 5. The van der Waals surface area contributed by atoms with Crippen molar-refractivity contribution in [2.75, 3.05) is 25.4 Å². The molecule has 1 aliphatic rings. The highest BCUT2D eigenvalue weighted by atomic mass is 32.2. The minimum Gasteiger partial charge on any atom is -0.329 e. The summed E-state index contributed by atoms with van der Waals surface area (Å²) in [4.78, 5) is 16.7. The van der Waals surface area contributed by atoms with Crippen molar-refractivity contribution in [3.63, 3.8) is 0 Å². The lowest BCUT2D eigenvalue weighted by Crippen LogP contribution is -2.22. The lowest BCUT2D eigenvalue weighted by molar-refractivity contribution is 0.321. The maximum Gasteiger partial charge on any atom is 0.248 e. The van der Waals surface area contributed by atoms with Gasteiger partial charge in [0.1, 0.15) is 0 Å². The first-order valence-corrected chi connectivity index (χ1v) is 10.5. The van der Waals surface area contributed by atoms with Crippen LogP contribution in [0.15, 0.2) is 28.3 Å². The highest BCUT2D eigenvalue weighted by molar-refractivity contribution is 7.99. The fourth-order valence-electron chi connectivity index (χ4n) is 3.80. The van der Waals surface area contributed by atoms with E-state index in [1.54, 1.807) is 24.0 Å². The summed E-state index contributed by atoms with van der Waals surface area (Å²) >= 11 is 1.74. The molecule has 0 saturated carbocycles. The van der Waals surface area contributed by atoms with Gasteiger partial charge in [0.15, 0.2) is 11.0 Å². The van der Waals surface area contributed by atoms with E-state index in [1.807, 2.05) is 17.7 Å².